The average Bonchev–Trinajstić information content (AvgIpc) is 2.90. The normalized spacial score (nSPS) is 12.0. The van der Waals surface area contributed by atoms with Crippen molar-refractivity contribution < 1.29 is 9.94 Å². The van der Waals surface area contributed by atoms with Crippen molar-refractivity contribution in [3.8, 4) is 5.75 Å². The van der Waals surface area contributed by atoms with Gasteiger partial charge in [-0.1, -0.05) is 78.0 Å². The number of aromatic nitrogens is 2. The fraction of sp³-hybridized carbons (Fsp3) is 0.0714. The van der Waals surface area contributed by atoms with Crippen LogP contribution >= 0.6 is 0 Å². The van der Waals surface area contributed by atoms with E-state index in [1.54, 1.807) is 24.3 Å². The second kappa shape index (κ2) is 9.61. The third-order valence-electron chi connectivity index (χ3n) is 5.66. The number of rotatable bonds is 6. The van der Waals surface area contributed by atoms with Gasteiger partial charge in [0.15, 0.2) is 12.4 Å². The molecule has 7 heteroatoms. The molecule has 0 unspecified atom stereocenters. The van der Waals surface area contributed by atoms with Gasteiger partial charge in [-0.2, -0.15) is 9.78 Å². The highest BCUT2D eigenvalue weighted by Crippen LogP contribution is 2.25. The van der Waals surface area contributed by atoms with Crippen LogP contribution in [-0.4, -0.2) is 26.7 Å². The van der Waals surface area contributed by atoms with E-state index in [1.165, 1.54) is 10.9 Å². The Hall–Kier alpha value is -4.78. The van der Waals surface area contributed by atoms with Crippen LogP contribution in [-0.2, 0) is 11.4 Å². The zero-order chi connectivity index (χ0) is 24.2. The molecule has 1 heterocycles. The molecule has 5 aromatic rings. The monoisotopic (exact) mass is 462 g/mol. The van der Waals surface area contributed by atoms with Crippen LogP contribution in [0.15, 0.2) is 106 Å². The van der Waals surface area contributed by atoms with E-state index in [9.17, 15) is 9.90 Å². The number of fused-ring (bicyclic) bond motifs is 2. The van der Waals surface area contributed by atoms with Gasteiger partial charge in [0.2, 0.25) is 0 Å². The summed E-state index contributed by atoms with van der Waals surface area (Å²) < 4.78 is 1.19. The average molecular weight is 463 g/mol. The zero-order valence-electron chi connectivity index (χ0n) is 19.0. The number of hydrogen-bond acceptors (Lipinski definition) is 6. The Morgan fingerprint density at radius 3 is 2.49 bits per heavy atom. The smallest absolute Gasteiger partial charge is 0.282 e. The van der Waals surface area contributed by atoms with Crippen molar-refractivity contribution in [2.45, 2.75) is 13.5 Å². The maximum Gasteiger partial charge on any atom is 0.282 e. The Morgan fingerprint density at radius 1 is 0.943 bits per heavy atom. The largest absolute Gasteiger partial charge is 0.507 e. The van der Waals surface area contributed by atoms with Gasteiger partial charge >= 0.3 is 0 Å². The zero-order valence-corrected chi connectivity index (χ0v) is 19.0. The summed E-state index contributed by atoms with van der Waals surface area (Å²) >= 11 is 0. The molecule has 5 rings (SSSR count). The quantitative estimate of drug-likeness (QED) is 0.282. The van der Waals surface area contributed by atoms with Gasteiger partial charge < -0.3 is 9.94 Å². The number of aromatic hydroxyl groups is 1. The molecule has 0 atom stereocenters. The van der Waals surface area contributed by atoms with Crippen LogP contribution < -0.4 is 5.56 Å². The molecule has 1 aromatic heterocycles. The summed E-state index contributed by atoms with van der Waals surface area (Å²) in [5.74, 6) is 0.351. The molecule has 0 bridgehead atoms. The van der Waals surface area contributed by atoms with E-state index in [2.05, 4.69) is 15.2 Å². The Kier molecular flexibility index (Phi) is 6.05. The van der Waals surface area contributed by atoms with Crippen molar-refractivity contribution in [3.63, 3.8) is 0 Å². The summed E-state index contributed by atoms with van der Waals surface area (Å²) in [5.41, 5.74) is 2.34. The topological polar surface area (TPSA) is 89.1 Å². The third kappa shape index (κ3) is 4.52. The van der Waals surface area contributed by atoms with Crippen LogP contribution in [0.25, 0.3) is 21.7 Å². The molecule has 0 radical (unpaired) electrons. The van der Waals surface area contributed by atoms with E-state index in [1.807, 2.05) is 73.7 Å². The molecule has 0 spiro atoms. The van der Waals surface area contributed by atoms with Crippen molar-refractivity contribution in [3.05, 3.63) is 118 Å². The van der Waals surface area contributed by atoms with Crippen molar-refractivity contribution in [2.75, 3.05) is 0 Å². The minimum Gasteiger partial charge on any atom is -0.507 e. The van der Waals surface area contributed by atoms with Gasteiger partial charge in [-0.15, -0.1) is 0 Å². The maximum atomic E-state index is 13.3. The standard InChI is InChI=1S/C28H22N4O3/c1-19(20-9-3-2-4-10-20)31-35-18-27-30-25-14-8-7-13-23(25)28(34)32(27)29-17-24-22-12-6-5-11-21(22)15-16-26(24)33/h2-17,33H,18H2,1H3/b29-17-,31-19-. The molecule has 0 aliphatic heterocycles. The van der Waals surface area contributed by atoms with Gasteiger partial charge in [-0.3, -0.25) is 4.79 Å². The molecule has 0 amide bonds. The van der Waals surface area contributed by atoms with Crippen molar-refractivity contribution in [1.82, 2.24) is 9.66 Å². The summed E-state index contributed by atoms with van der Waals surface area (Å²) in [6, 6.07) is 27.8. The van der Waals surface area contributed by atoms with Crippen LogP contribution in [0.4, 0.5) is 0 Å². The lowest BCUT2D eigenvalue weighted by atomic mass is 10.0. The number of para-hydroxylation sites is 1. The van der Waals surface area contributed by atoms with Gasteiger partial charge in [0.1, 0.15) is 5.75 Å². The molecule has 172 valence electrons. The number of nitrogens with zero attached hydrogens (tertiary/aromatic N) is 4. The Balaban J connectivity index is 1.55. The second-order valence-electron chi connectivity index (χ2n) is 7.94. The highest BCUT2D eigenvalue weighted by molar-refractivity contribution is 6.02. The molecule has 35 heavy (non-hydrogen) atoms. The van der Waals surface area contributed by atoms with Crippen LogP contribution in [0.2, 0.25) is 0 Å². The summed E-state index contributed by atoms with van der Waals surface area (Å²) in [6.07, 6.45) is 1.47. The first kappa shape index (κ1) is 22.0. The van der Waals surface area contributed by atoms with Crippen LogP contribution in [0.5, 0.6) is 5.75 Å². The number of benzene rings is 4. The minimum absolute atomic E-state index is 0.0649. The van der Waals surface area contributed by atoms with Crippen LogP contribution in [0.3, 0.4) is 0 Å². The van der Waals surface area contributed by atoms with Gasteiger partial charge in [0.05, 0.1) is 22.8 Å². The first-order valence-corrected chi connectivity index (χ1v) is 11.1. The SMILES string of the molecule is C/C(=N/OCc1nc2ccccc2c(=O)n1/N=C\c1c(O)ccc2ccccc12)c1ccccc1. The number of phenolic OH excluding ortho intramolecular Hbond substituents is 1. The molecule has 0 saturated carbocycles. The molecule has 1 N–H and O–H groups in total. The van der Waals surface area contributed by atoms with Crippen molar-refractivity contribution >= 4 is 33.6 Å². The molecule has 0 aliphatic rings. The van der Waals surface area contributed by atoms with Gasteiger partial charge in [0, 0.05) is 5.56 Å². The van der Waals surface area contributed by atoms with Gasteiger partial charge in [0.25, 0.3) is 5.56 Å². The van der Waals surface area contributed by atoms with Gasteiger partial charge in [-0.05, 0) is 41.5 Å². The number of oxime groups is 1. The Labute approximate surface area is 201 Å². The first-order valence-electron chi connectivity index (χ1n) is 11.1. The molecule has 4 aromatic carbocycles. The molecule has 7 nitrogen and oxygen atoms in total. The lowest BCUT2D eigenvalue weighted by Gasteiger charge is -2.09. The molecule has 0 saturated heterocycles. The fourth-order valence-electron chi connectivity index (χ4n) is 3.84. The summed E-state index contributed by atoms with van der Waals surface area (Å²) in [4.78, 5) is 23.5. The summed E-state index contributed by atoms with van der Waals surface area (Å²) in [7, 11) is 0. The van der Waals surface area contributed by atoms with E-state index in [4.69, 9.17) is 4.84 Å². The number of hydrogen-bond donors (Lipinski definition) is 1. The third-order valence-corrected chi connectivity index (χ3v) is 5.66. The van der Waals surface area contributed by atoms with E-state index < -0.39 is 0 Å². The minimum atomic E-state index is -0.339. The van der Waals surface area contributed by atoms with E-state index in [0.717, 1.165) is 16.3 Å². The van der Waals surface area contributed by atoms with Crippen molar-refractivity contribution in [2.24, 2.45) is 10.3 Å². The summed E-state index contributed by atoms with van der Waals surface area (Å²) in [6.45, 7) is 1.78. The predicted molar refractivity (Wildman–Crippen MR) is 138 cm³/mol. The van der Waals surface area contributed by atoms with Gasteiger partial charge in [-0.25, -0.2) is 4.98 Å². The Bertz CT molecular complexity index is 1640. The molecular formula is C28H22N4O3. The first-order chi connectivity index (χ1) is 17.1. The maximum absolute atomic E-state index is 13.3. The fourth-order valence-corrected chi connectivity index (χ4v) is 3.84. The van der Waals surface area contributed by atoms with Crippen LogP contribution in [0, 0.1) is 0 Å². The van der Waals surface area contributed by atoms with Crippen molar-refractivity contribution in [1.29, 1.82) is 0 Å². The van der Waals surface area contributed by atoms with E-state index in [0.29, 0.717) is 22.2 Å². The highest BCUT2D eigenvalue weighted by atomic mass is 16.6. The Morgan fingerprint density at radius 2 is 1.66 bits per heavy atom. The van der Waals surface area contributed by atoms with Crippen LogP contribution in [0.1, 0.15) is 23.9 Å². The van der Waals surface area contributed by atoms with E-state index in [-0.39, 0.29) is 23.7 Å². The second-order valence-corrected chi connectivity index (χ2v) is 7.94. The lowest BCUT2D eigenvalue weighted by molar-refractivity contribution is 0.122. The highest BCUT2D eigenvalue weighted by Gasteiger charge is 2.12. The number of phenols is 1. The summed E-state index contributed by atoms with van der Waals surface area (Å²) in [5, 5.41) is 21.3. The molecule has 0 aliphatic carbocycles. The van der Waals surface area contributed by atoms with E-state index >= 15 is 0 Å². The lowest BCUT2D eigenvalue weighted by Crippen LogP contribution is -2.22. The molecular weight excluding hydrogens is 440 g/mol. The predicted octanol–water partition coefficient (Wildman–Crippen LogP) is 5.08. The molecule has 0 fully saturated rings.